The average molecular weight is 278 g/mol. The van der Waals surface area contributed by atoms with E-state index in [1.807, 2.05) is 18.2 Å². The van der Waals surface area contributed by atoms with Crippen LogP contribution in [0.4, 0.5) is 5.82 Å². The summed E-state index contributed by atoms with van der Waals surface area (Å²) in [5, 5.41) is 0.561. The van der Waals surface area contributed by atoms with Gasteiger partial charge in [-0.25, -0.2) is 10.8 Å². The number of aryl methyl sites for hydroxylation is 1. The van der Waals surface area contributed by atoms with Gasteiger partial charge in [-0.3, -0.25) is 0 Å². The van der Waals surface area contributed by atoms with Gasteiger partial charge >= 0.3 is 0 Å². The summed E-state index contributed by atoms with van der Waals surface area (Å²) >= 11 is 6.07. The fraction of sp³-hybridized carbons (Fsp3) is 0.214. The molecule has 1 aromatic heterocycles. The summed E-state index contributed by atoms with van der Waals surface area (Å²) < 4.78 is 5.70. The number of anilines is 1. The topological polar surface area (TPSA) is 60.2 Å². The quantitative estimate of drug-likeness (QED) is 0.651. The van der Waals surface area contributed by atoms with E-state index >= 15 is 0 Å². The van der Waals surface area contributed by atoms with Crippen molar-refractivity contribution in [2.24, 2.45) is 5.84 Å². The smallest absolute Gasteiger partial charge is 0.140 e. The predicted molar refractivity (Wildman–Crippen MR) is 77.2 cm³/mol. The maximum atomic E-state index is 6.07. The highest BCUT2D eigenvalue weighted by atomic mass is 35.5. The Morgan fingerprint density at radius 2 is 2.16 bits per heavy atom. The van der Waals surface area contributed by atoms with Crippen LogP contribution in [-0.4, -0.2) is 4.98 Å². The van der Waals surface area contributed by atoms with Gasteiger partial charge in [0.05, 0.1) is 10.7 Å². The summed E-state index contributed by atoms with van der Waals surface area (Å²) in [6.07, 6.45) is 0.975. The minimum atomic E-state index is 0.307. The van der Waals surface area contributed by atoms with E-state index in [0.29, 0.717) is 23.1 Å². The van der Waals surface area contributed by atoms with Gasteiger partial charge < -0.3 is 10.2 Å². The zero-order valence-corrected chi connectivity index (χ0v) is 11.4. The third-order valence-electron chi connectivity index (χ3n) is 2.75. The highest BCUT2D eigenvalue weighted by Crippen LogP contribution is 2.20. The zero-order valence-electron chi connectivity index (χ0n) is 10.7. The van der Waals surface area contributed by atoms with Crippen LogP contribution < -0.4 is 16.0 Å². The molecule has 0 unspecified atom stereocenters. The summed E-state index contributed by atoms with van der Waals surface area (Å²) in [6, 6.07) is 11.4. The van der Waals surface area contributed by atoms with E-state index in [0.717, 1.165) is 12.2 Å². The first-order valence-corrected chi connectivity index (χ1v) is 6.44. The molecule has 19 heavy (non-hydrogen) atoms. The van der Waals surface area contributed by atoms with Gasteiger partial charge in [0, 0.05) is 0 Å². The Kier molecular flexibility index (Phi) is 4.60. The molecule has 0 fully saturated rings. The van der Waals surface area contributed by atoms with E-state index < -0.39 is 0 Å². The third-order valence-corrected chi connectivity index (χ3v) is 3.09. The molecule has 0 spiro atoms. The molecule has 0 aliphatic rings. The first kappa shape index (κ1) is 13.6. The van der Waals surface area contributed by atoms with E-state index in [-0.39, 0.29) is 0 Å². The minimum Gasteiger partial charge on any atom is -0.487 e. The summed E-state index contributed by atoms with van der Waals surface area (Å²) in [5.74, 6) is 6.69. The van der Waals surface area contributed by atoms with Gasteiger partial charge in [-0.15, -0.1) is 0 Å². The number of nitrogens with zero attached hydrogens (tertiary/aromatic N) is 1. The van der Waals surface area contributed by atoms with E-state index in [2.05, 4.69) is 23.4 Å². The average Bonchev–Trinajstić information content (AvgIpc) is 2.46. The van der Waals surface area contributed by atoms with E-state index in [9.17, 15) is 0 Å². The van der Waals surface area contributed by atoms with Crippen molar-refractivity contribution in [3.05, 3.63) is 52.7 Å². The molecule has 0 radical (unpaired) electrons. The van der Waals surface area contributed by atoms with Gasteiger partial charge in [-0.2, -0.15) is 0 Å². The van der Waals surface area contributed by atoms with E-state index in [1.165, 1.54) is 5.56 Å². The lowest BCUT2D eigenvalue weighted by Crippen LogP contribution is -2.10. The number of aromatic nitrogens is 1. The van der Waals surface area contributed by atoms with Crippen LogP contribution in [0.3, 0.4) is 0 Å². The van der Waals surface area contributed by atoms with Crippen molar-refractivity contribution < 1.29 is 4.74 Å². The van der Waals surface area contributed by atoms with E-state index in [4.69, 9.17) is 22.2 Å². The molecule has 0 amide bonds. The third kappa shape index (κ3) is 3.59. The second kappa shape index (κ2) is 6.41. The van der Waals surface area contributed by atoms with Crippen molar-refractivity contribution >= 4 is 17.4 Å². The summed E-state index contributed by atoms with van der Waals surface area (Å²) in [5.41, 5.74) is 4.37. The highest BCUT2D eigenvalue weighted by molar-refractivity contribution is 6.31. The minimum absolute atomic E-state index is 0.307. The van der Waals surface area contributed by atoms with Crippen molar-refractivity contribution in [1.29, 1.82) is 0 Å². The molecule has 2 aromatic rings. The molecular formula is C14H16ClN3O. The first-order valence-electron chi connectivity index (χ1n) is 6.06. The Hall–Kier alpha value is -1.78. The Bertz CT molecular complexity index is 560. The predicted octanol–water partition coefficient (Wildman–Crippen LogP) is 3.16. The summed E-state index contributed by atoms with van der Waals surface area (Å²) in [4.78, 5) is 4.26. The molecule has 4 nitrogen and oxygen atoms in total. The van der Waals surface area contributed by atoms with Gasteiger partial charge in [0.15, 0.2) is 0 Å². The molecule has 0 atom stereocenters. The molecule has 2 rings (SSSR count). The molecule has 0 aliphatic heterocycles. The second-order valence-corrected chi connectivity index (χ2v) is 4.47. The number of hydrogen-bond acceptors (Lipinski definition) is 4. The van der Waals surface area contributed by atoms with Crippen molar-refractivity contribution in [2.75, 3.05) is 5.43 Å². The van der Waals surface area contributed by atoms with Crippen LogP contribution in [0.25, 0.3) is 0 Å². The van der Waals surface area contributed by atoms with Gasteiger partial charge in [0.2, 0.25) is 0 Å². The number of nitrogen functional groups attached to an aromatic ring is 1. The number of pyridine rings is 1. The number of hydrazine groups is 1. The van der Waals surface area contributed by atoms with Crippen molar-refractivity contribution in [3.8, 4) is 5.75 Å². The molecule has 0 bridgehead atoms. The number of ether oxygens (including phenoxy) is 1. The van der Waals surface area contributed by atoms with E-state index in [1.54, 1.807) is 12.1 Å². The largest absolute Gasteiger partial charge is 0.487 e. The van der Waals surface area contributed by atoms with Crippen molar-refractivity contribution in [1.82, 2.24) is 4.98 Å². The van der Waals surface area contributed by atoms with Gasteiger partial charge in [-0.05, 0) is 36.2 Å². The lowest BCUT2D eigenvalue weighted by Gasteiger charge is -2.09. The van der Waals surface area contributed by atoms with Crippen LogP contribution in [-0.2, 0) is 13.0 Å². The molecule has 1 aromatic carbocycles. The maximum Gasteiger partial charge on any atom is 0.140 e. The molecule has 0 aliphatic carbocycles. The lowest BCUT2D eigenvalue weighted by molar-refractivity contribution is 0.301. The van der Waals surface area contributed by atoms with Crippen LogP contribution >= 0.6 is 11.6 Å². The van der Waals surface area contributed by atoms with Gasteiger partial charge in [-0.1, -0.05) is 30.7 Å². The maximum absolute atomic E-state index is 6.07. The molecule has 0 saturated heterocycles. The van der Waals surface area contributed by atoms with Crippen LogP contribution in [0.5, 0.6) is 5.75 Å². The molecular weight excluding hydrogens is 262 g/mol. The lowest BCUT2D eigenvalue weighted by atomic mass is 10.2. The normalized spacial score (nSPS) is 10.3. The van der Waals surface area contributed by atoms with Crippen molar-refractivity contribution in [3.63, 3.8) is 0 Å². The van der Waals surface area contributed by atoms with Gasteiger partial charge in [0.25, 0.3) is 0 Å². The number of hydrogen-bond donors (Lipinski definition) is 2. The Morgan fingerprint density at radius 1 is 1.32 bits per heavy atom. The van der Waals surface area contributed by atoms with Crippen LogP contribution in [0.15, 0.2) is 36.4 Å². The standard InChI is InChI=1S/C14H16ClN3O/c1-2-10-4-3-5-11(8-10)19-9-13-12(15)6-7-14(17-13)18-16/h3-8H,2,9,16H2,1H3,(H,17,18). The first-order chi connectivity index (χ1) is 9.22. The summed E-state index contributed by atoms with van der Waals surface area (Å²) in [7, 11) is 0. The zero-order chi connectivity index (χ0) is 13.7. The SMILES string of the molecule is CCc1cccc(OCc2nc(NN)ccc2Cl)c1. The number of benzene rings is 1. The number of rotatable bonds is 5. The Labute approximate surface area is 117 Å². The fourth-order valence-electron chi connectivity index (χ4n) is 1.67. The van der Waals surface area contributed by atoms with Crippen molar-refractivity contribution in [2.45, 2.75) is 20.0 Å². The van der Waals surface area contributed by atoms with Gasteiger partial charge in [0.1, 0.15) is 18.2 Å². The van der Waals surface area contributed by atoms with Crippen LogP contribution in [0, 0.1) is 0 Å². The Balaban J connectivity index is 2.09. The van der Waals surface area contributed by atoms with Crippen LogP contribution in [0.2, 0.25) is 5.02 Å². The fourth-order valence-corrected chi connectivity index (χ4v) is 1.83. The summed E-state index contributed by atoms with van der Waals surface area (Å²) in [6.45, 7) is 2.41. The number of nitrogens with one attached hydrogen (secondary N) is 1. The molecule has 5 heteroatoms. The molecule has 0 saturated carbocycles. The second-order valence-electron chi connectivity index (χ2n) is 4.06. The monoisotopic (exact) mass is 277 g/mol. The molecule has 1 heterocycles. The Morgan fingerprint density at radius 3 is 2.89 bits per heavy atom. The number of halogens is 1. The highest BCUT2D eigenvalue weighted by Gasteiger charge is 2.05. The number of nitrogens with two attached hydrogens (primary N) is 1. The van der Waals surface area contributed by atoms with Crippen LogP contribution in [0.1, 0.15) is 18.2 Å². The molecule has 100 valence electrons. The molecule has 3 N–H and O–H groups in total.